The molecule has 0 fully saturated rings. The number of pyridine rings is 1. The van der Waals surface area contributed by atoms with Gasteiger partial charge in [0.2, 0.25) is 0 Å². The summed E-state index contributed by atoms with van der Waals surface area (Å²) in [6, 6.07) is 13.5. The van der Waals surface area contributed by atoms with Gasteiger partial charge < -0.3 is 10.6 Å². The standard InChI is InChI=1S/C20H22Cl2N6/c1-23-20(24-11-9-15-3-8-19(22)25-13-15)26-14-18(28-12-2-10-27-28)16-4-6-17(21)7-5-16/h2-8,10,12-13,18H,9,11,14H2,1H3,(H2,23,24,26). The van der Waals surface area contributed by atoms with Crippen molar-refractivity contribution in [3.63, 3.8) is 0 Å². The average molecular weight is 417 g/mol. The first-order valence-electron chi connectivity index (χ1n) is 8.95. The fourth-order valence-electron chi connectivity index (χ4n) is 2.81. The van der Waals surface area contributed by atoms with Crippen molar-refractivity contribution in [2.24, 2.45) is 4.99 Å². The first kappa shape index (κ1) is 20.2. The summed E-state index contributed by atoms with van der Waals surface area (Å²) >= 11 is 11.8. The SMILES string of the molecule is CN=C(NCCc1ccc(Cl)nc1)NCC(c1ccc(Cl)cc1)n1cccn1. The maximum atomic E-state index is 6.03. The molecule has 0 aliphatic carbocycles. The highest BCUT2D eigenvalue weighted by Crippen LogP contribution is 2.19. The lowest BCUT2D eigenvalue weighted by Gasteiger charge is -2.20. The van der Waals surface area contributed by atoms with E-state index < -0.39 is 0 Å². The van der Waals surface area contributed by atoms with Gasteiger partial charge in [0.1, 0.15) is 5.15 Å². The maximum absolute atomic E-state index is 6.03. The molecule has 3 aromatic rings. The molecule has 0 aliphatic heterocycles. The monoisotopic (exact) mass is 416 g/mol. The second-order valence-electron chi connectivity index (χ2n) is 6.17. The van der Waals surface area contributed by atoms with Gasteiger partial charge in [0, 0.05) is 43.8 Å². The number of halogens is 2. The zero-order valence-corrected chi connectivity index (χ0v) is 17.0. The summed E-state index contributed by atoms with van der Waals surface area (Å²) in [5.74, 6) is 0.730. The molecule has 6 nitrogen and oxygen atoms in total. The van der Waals surface area contributed by atoms with Gasteiger partial charge in [0.25, 0.3) is 0 Å². The summed E-state index contributed by atoms with van der Waals surface area (Å²) in [6.45, 7) is 1.36. The molecule has 0 spiro atoms. The molecule has 0 aliphatic rings. The topological polar surface area (TPSA) is 67.1 Å². The quantitative estimate of drug-likeness (QED) is 0.350. The van der Waals surface area contributed by atoms with Crippen molar-refractivity contribution >= 4 is 29.2 Å². The molecule has 28 heavy (non-hydrogen) atoms. The number of guanidine groups is 1. The molecule has 2 aromatic heterocycles. The van der Waals surface area contributed by atoms with Crippen molar-refractivity contribution in [1.82, 2.24) is 25.4 Å². The van der Waals surface area contributed by atoms with Gasteiger partial charge in [-0.3, -0.25) is 9.67 Å². The lowest BCUT2D eigenvalue weighted by Crippen LogP contribution is -2.41. The molecule has 0 radical (unpaired) electrons. The fraction of sp³-hybridized carbons (Fsp3) is 0.250. The van der Waals surface area contributed by atoms with E-state index in [4.69, 9.17) is 23.2 Å². The van der Waals surface area contributed by atoms with Gasteiger partial charge in [-0.2, -0.15) is 5.10 Å². The molecule has 1 unspecified atom stereocenters. The number of benzene rings is 1. The summed E-state index contributed by atoms with van der Waals surface area (Å²) in [5.41, 5.74) is 2.23. The van der Waals surface area contributed by atoms with Gasteiger partial charge in [-0.05, 0) is 41.8 Å². The summed E-state index contributed by atoms with van der Waals surface area (Å²) in [6.07, 6.45) is 6.33. The molecule has 1 atom stereocenters. The van der Waals surface area contributed by atoms with Crippen LogP contribution in [0.15, 0.2) is 66.0 Å². The van der Waals surface area contributed by atoms with Crippen LogP contribution in [0.4, 0.5) is 0 Å². The maximum Gasteiger partial charge on any atom is 0.191 e. The van der Waals surface area contributed by atoms with Crippen LogP contribution in [0, 0.1) is 0 Å². The molecule has 0 bridgehead atoms. The van der Waals surface area contributed by atoms with Gasteiger partial charge in [0.05, 0.1) is 6.04 Å². The lowest BCUT2D eigenvalue weighted by molar-refractivity contribution is 0.511. The van der Waals surface area contributed by atoms with Gasteiger partial charge in [-0.15, -0.1) is 0 Å². The third kappa shape index (κ3) is 5.71. The van der Waals surface area contributed by atoms with E-state index in [9.17, 15) is 0 Å². The van der Waals surface area contributed by atoms with Gasteiger partial charge in [-0.1, -0.05) is 41.4 Å². The Morgan fingerprint density at radius 1 is 1.14 bits per heavy atom. The number of aliphatic imine (C=N–C) groups is 1. The Hall–Kier alpha value is -2.57. The Kier molecular flexibility index (Phi) is 7.28. The first-order valence-corrected chi connectivity index (χ1v) is 9.71. The molecular formula is C20H22Cl2N6. The molecular weight excluding hydrogens is 395 g/mol. The highest BCUT2D eigenvalue weighted by molar-refractivity contribution is 6.30. The van der Waals surface area contributed by atoms with Gasteiger partial charge in [0.15, 0.2) is 5.96 Å². The smallest absolute Gasteiger partial charge is 0.191 e. The van der Waals surface area contributed by atoms with E-state index in [1.807, 2.05) is 47.3 Å². The summed E-state index contributed by atoms with van der Waals surface area (Å²) in [7, 11) is 1.75. The molecule has 2 N–H and O–H groups in total. The Morgan fingerprint density at radius 2 is 1.96 bits per heavy atom. The van der Waals surface area contributed by atoms with Crippen molar-refractivity contribution in [2.75, 3.05) is 20.1 Å². The first-order chi connectivity index (χ1) is 13.7. The Balaban J connectivity index is 1.58. The van der Waals surface area contributed by atoms with Crippen LogP contribution in [0.5, 0.6) is 0 Å². The molecule has 3 rings (SSSR count). The average Bonchev–Trinajstić information content (AvgIpc) is 3.24. The van der Waals surface area contributed by atoms with E-state index in [2.05, 4.69) is 25.7 Å². The Bertz CT molecular complexity index is 876. The van der Waals surface area contributed by atoms with Crippen LogP contribution in [0.2, 0.25) is 10.2 Å². The van der Waals surface area contributed by atoms with Crippen LogP contribution >= 0.6 is 23.2 Å². The zero-order valence-electron chi connectivity index (χ0n) is 15.5. The molecule has 0 saturated carbocycles. The van der Waals surface area contributed by atoms with Crippen LogP contribution < -0.4 is 10.6 Å². The van der Waals surface area contributed by atoms with Crippen molar-refractivity contribution in [3.8, 4) is 0 Å². The van der Waals surface area contributed by atoms with Gasteiger partial charge in [-0.25, -0.2) is 4.98 Å². The summed E-state index contributed by atoms with van der Waals surface area (Å²) in [4.78, 5) is 8.40. The van der Waals surface area contributed by atoms with E-state index in [0.29, 0.717) is 16.7 Å². The number of aromatic nitrogens is 3. The number of nitrogens with one attached hydrogen (secondary N) is 2. The van der Waals surface area contributed by atoms with E-state index in [1.54, 1.807) is 25.5 Å². The molecule has 1 aromatic carbocycles. The minimum Gasteiger partial charge on any atom is -0.356 e. The van der Waals surface area contributed by atoms with Crippen molar-refractivity contribution in [3.05, 3.63) is 82.4 Å². The largest absolute Gasteiger partial charge is 0.356 e. The number of rotatable bonds is 7. The van der Waals surface area contributed by atoms with Crippen molar-refractivity contribution in [2.45, 2.75) is 12.5 Å². The molecule has 8 heteroatoms. The van der Waals surface area contributed by atoms with Crippen molar-refractivity contribution in [1.29, 1.82) is 0 Å². The second-order valence-corrected chi connectivity index (χ2v) is 7.00. The van der Waals surface area contributed by atoms with Crippen LogP contribution in [-0.2, 0) is 6.42 Å². The van der Waals surface area contributed by atoms with E-state index >= 15 is 0 Å². The van der Waals surface area contributed by atoms with Gasteiger partial charge >= 0.3 is 0 Å². The Morgan fingerprint density at radius 3 is 2.61 bits per heavy atom. The fourth-order valence-corrected chi connectivity index (χ4v) is 3.05. The number of nitrogens with zero attached hydrogens (tertiary/aromatic N) is 4. The molecule has 2 heterocycles. The Labute approximate surface area is 174 Å². The second kappa shape index (κ2) is 10.1. The normalized spacial score (nSPS) is 12.6. The highest BCUT2D eigenvalue weighted by Gasteiger charge is 2.14. The van der Waals surface area contributed by atoms with Crippen LogP contribution in [0.25, 0.3) is 0 Å². The van der Waals surface area contributed by atoms with Crippen LogP contribution in [-0.4, -0.2) is 40.9 Å². The lowest BCUT2D eigenvalue weighted by atomic mass is 10.1. The van der Waals surface area contributed by atoms with Crippen molar-refractivity contribution < 1.29 is 0 Å². The summed E-state index contributed by atoms with van der Waals surface area (Å²) < 4.78 is 1.92. The third-order valence-electron chi connectivity index (χ3n) is 4.28. The van der Waals surface area contributed by atoms with E-state index in [0.717, 1.165) is 30.1 Å². The highest BCUT2D eigenvalue weighted by atomic mass is 35.5. The zero-order chi connectivity index (χ0) is 19.8. The molecule has 0 amide bonds. The minimum absolute atomic E-state index is 0.0197. The molecule has 0 saturated heterocycles. The van der Waals surface area contributed by atoms with E-state index in [1.165, 1.54) is 0 Å². The third-order valence-corrected chi connectivity index (χ3v) is 4.76. The van der Waals surface area contributed by atoms with E-state index in [-0.39, 0.29) is 6.04 Å². The number of hydrogen-bond donors (Lipinski definition) is 2. The minimum atomic E-state index is 0.0197. The van der Waals surface area contributed by atoms with Crippen LogP contribution in [0.3, 0.4) is 0 Å². The van der Waals surface area contributed by atoms with Crippen LogP contribution in [0.1, 0.15) is 17.2 Å². The summed E-state index contributed by atoms with van der Waals surface area (Å²) in [5, 5.41) is 12.3. The molecule has 146 valence electrons. The predicted molar refractivity (Wildman–Crippen MR) is 114 cm³/mol. The number of hydrogen-bond acceptors (Lipinski definition) is 3. The predicted octanol–water partition coefficient (Wildman–Crippen LogP) is 3.58.